The van der Waals surface area contributed by atoms with Crippen molar-refractivity contribution >= 4 is 29.2 Å². The lowest BCUT2D eigenvalue weighted by Gasteiger charge is -2.22. The number of hydrogen-bond donors (Lipinski definition) is 1. The average Bonchev–Trinajstić information content (AvgIpc) is 3.43. The second-order valence-electron chi connectivity index (χ2n) is 8.10. The largest absolute Gasteiger partial charge is 0.497 e. The number of anilines is 2. The Morgan fingerprint density at radius 1 is 1.00 bits per heavy atom. The SMILES string of the molecule is COc1ccc(NC(=O)C[C@@H]2C(=O)N(c3ccccc3)C(=O)N2Cc2ccc3c(c2)OCO3)cc1. The van der Waals surface area contributed by atoms with Crippen LogP contribution in [0.25, 0.3) is 0 Å². The van der Waals surface area contributed by atoms with Crippen molar-refractivity contribution in [3.8, 4) is 17.2 Å². The molecule has 1 saturated heterocycles. The average molecular weight is 473 g/mol. The number of amides is 4. The molecule has 1 fully saturated rings. The highest BCUT2D eigenvalue weighted by Gasteiger charge is 2.46. The summed E-state index contributed by atoms with van der Waals surface area (Å²) in [5.74, 6) is 1.03. The number of fused-ring (bicyclic) bond motifs is 1. The van der Waals surface area contributed by atoms with Crippen LogP contribution < -0.4 is 24.4 Å². The van der Waals surface area contributed by atoms with Crippen molar-refractivity contribution in [3.05, 3.63) is 78.4 Å². The molecular formula is C26H23N3O6. The van der Waals surface area contributed by atoms with Crippen molar-refractivity contribution in [2.75, 3.05) is 24.1 Å². The van der Waals surface area contributed by atoms with Gasteiger partial charge >= 0.3 is 6.03 Å². The van der Waals surface area contributed by atoms with E-state index >= 15 is 0 Å². The fourth-order valence-electron chi connectivity index (χ4n) is 4.13. The molecule has 9 nitrogen and oxygen atoms in total. The number of nitrogens with one attached hydrogen (secondary N) is 1. The number of ether oxygens (including phenoxy) is 3. The first kappa shape index (κ1) is 22.3. The van der Waals surface area contributed by atoms with Gasteiger partial charge in [0.05, 0.1) is 19.2 Å². The lowest BCUT2D eigenvalue weighted by Crippen LogP contribution is -2.37. The number of carbonyl (C=O) groups excluding carboxylic acids is 3. The predicted octanol–water partition coefficient (Wildman–Crippen LogP) is 3.79. The molecule has 4 amide bonds. The lowest BCUT2D eigenvalue weighted by atomic mass is 10.1. The molecule has 3 aromatic carbocycles. The van der Waals surface area contributed by atoms with Gasteiger partial charge in [0.1, 0.15) is 11.8 Å². The predicted molar refractivity (Wildman–Crippen MR) is 127 cm³/mol. The fraction of sp³-hybridized carbons (Fsp3) is 0.192. The molecule has 0 aromatic heterocycles. The van der Waals surface area contributed by atoms with Gasteiger partial charge in [-0.05, 0) is 54.1 Å². The van der Waals surface area contributed by atoms with Crippen LogP contribution >= 0.6 is 0 Å². The summed E-state index contributed by atoms with van der Waals surface area (Å²) in [6.45, 7) is 0.265. The molecular weight excluding hydrogens is 450 g/mol. The van der Waals surface area contributed by atoms with Crippen LogP contribution in [0.2, 0.25) is 0 Å². The van der Waals surface area contributed by atoms with Crippen molar-refractivity contribution in [1.82, 2.24) is 4.90 Å². The number of nitrogens with zero attached hydrogens (tertiary/aromatic N) is 2. The third-order valence-corrected chi connectivity index (χ3v) is 5.88. The van der Waals surface area contributed by atoms with E-state index in [1.807, 2.05) is 6.07 Å². The van der Waals surface area contributed by atoms with Gasteiger partial charge in [-0.2, -0.15) is 0 Å². The number of benzene rings is 3. The first-order valence-corrected chi connectivity index (χ1v) is 11.1. The molecule has 2 heterocycles. The van der Waals surface area contributed by atoms with E-state index in [-0.39, 0.29) is 25.7 Å². The Bertz CT molecular complexity index is 1260. The van der Waals surface area contributed by atoms with E-state index in [0.717, 1.165) is 10.5 Å². The maximum atomic E-state index is 13.4. The van der Waals surface area contributed by atoms with E-state index in [2.05, 4.69) is 5.32 Å². The van der Waals surface area contributed by atoms with Gasteiger partial charge < -0.3 is 24.4 Å². The van der Waals surface area contributed by atoms with Crippen LogP contribution in [0.5, 0.6) is 17.2 Å². The maximum absolute atomic E-state index is 13.4. The number of urea groups is 1. The highest BCUT2D eigenvalue weighted by Crippen LogP contribution is 2.34. The Hall–Kier alpha value is -4.53. The van der Waals surface area contributed by atoms with Crippen LogP contribution in [-0.4, -0.2) is 42.7 Å². The van der Waals surface area contributed by atoms with E-state index in [1.54, 1.807) is 73.8 Å². The molecule has 0 unspecified atom stereocenters. The quantitative estimate of drug-likeness (QED) is 0.525. The summed E-state index contributed by atoms with van der Waals surface area (Å²) in [5, 5.41) is 2.79. The molecule has 178 valence electrons. The smallest absolute Gasteiger partial charge is 0.332 e. The molecule has 3 aromatic rings. The van der Waals surface area contributed by atoms with Crippen LogP contribution in [0.1, 0.15) is 12.0 Å². The van der Waals surface area contributed by atoms with Crippen LogP contribution in [0, 0.1) is 0 Å². The van der Waals surface area contributed by atoms with Crippen molar-refractivity contribution in [2.45, 2.75) is 19.0 Å². The van der Waals surface area contributed by atoms with Gasteiger partial charge in [0, 0.05) is 12.2 Å². The zero-order chi connectivity index (χ0) is 24.4. The summed E-state index contributed by atoms with van der Waals surface area (Å²) in [5.41, 5.74) is 1.77. The van der Waals surface area contributed by atoms with Gasteiger partial charge in [-0.3, -0.25) is 9.59 Å². The number of methoxy groups -OCH3 is 1. The van der Waals surface area contributed by atoms with E-state index in [1.165, 1.54) is 4.90 Å². The Labute approximate surface area is 201 Å². The fourth-order valence-corrected chi connectivity index (χ4v) is 4.13. The molecule has 0 spiro atoms. The second kappa shape index (κ2) is 9.38. The summed E-state index contributed by atoms with van der Waals surface area (Å²) in [4.78, 5) is 42.2. The summed E-state index contributed by atoms with van der Waals surface area (Å²) in [7, 11) is 1.56. The van der Waals surface area contributed by atoms with Crippen molar-refractivity contribution < 1.29 is 28.6 Å². The Morgan fingerprint density at radius 2 is 1.74 bits per heavy atom. The Balaban J connectivity index is 1.39. The van der Waals surface area contributed by atoms with Crippen LogP contribution in [0.4, 0.5) is 16.2 Å². The van der Waals surface area contributed by atoms with Crippen molar-refractivity contribution in [2.24, 2.45) is 0 Å². The van der Waals surface area contributed by atoms with Gasteiger partial charge in [-0.1, -0.05) is 24.3 Å². The van der Waals surface area contributed by atoms with Crippen molar-refractivity contribution in [1.29, 1.82) is 0 Å². The molecule has 0 aliphatic carbocycles. The lowest BCUT2D eigenvalue weighted by molar-refractivity contribution is -0.124. The van der Waals surface area contributed by atoms with E-state index < -0.39 is 18.0 Å². The normalized spacial score (nSPS) is 16.5. The first-order valence-electron chi connectivity index (χ1n) is 11.1. The molecule has 2 aliphatic heterocycles. The van der Waals surface area contributed by atoms with Gasteiger partial charge in [-0.15, -0.1) is 0 Å². The third-order valence-electron chi connectivity index (χ3n) is 5.88. The molecule has 5 rings (SSSR count). The molecule has 0 bridgehead atoms. The van der Waals surface area contributed by atoms with E-state index in [4.69, 9.17) is 14.2 Å². The summed E-state index contributed by atoms with van der Waals surface area (Å²) < 4.78 is 15.9. The summed E-state index contributed by atoms with van der Waals surface area (Å²) in [6.07, 6.45) is -0.190. The highest BCUT2D eigenvalue weighted by atomic mass is 16.7. The summed E-state index contributed by atoms with van der Waals surface area (Å²) in [6, 6.07) is 19.5. The van der Waals surface area contributed by atoms with Gasteiger partial charge in [0.2, 0.25) is 12.7 Å². The zero-order valence-corrected chi connectivity index (χ0v) is 19.0. The molecule has 0 saturated carbocycles. The Morgan fingerprint density at radius 3 is 2.49 bits per heavy atom. The molecule has 1 N–H and O–H groups in total. The van der Waals surface area contributed by atoms with Gasteiger partial charge in [0.25, 0.3) is 5.91 Å². The number of para-hydroxylation sites is 1. The van der Waals surface area contributed by atoms with Crippen LogP contribution in [0.3, 0.4) is 0 Å². The molecule has 9 heteroatoms. The Kier molecular flexibility index (Phi) is 5.97. The van der Waals surface area contributed by atoms with Crippen LogP contribution in [0.15, 0.2) is 72.8 Å². The minimum Gasteiger partial charge on any atom is -0.497 e. The zero-order valence-electron chi connectivity index (χ0n) is 19.0. The first-order chi connectivity index (χ1) is 17.0. The number of carbonyl (C=O) groups is 3. The summed E-state index contributed by atoms with van der Waals surface area (Å²) >= 11 is 0. The number of imide groups is 1. The van der Waals surface area contributed by atoms with Crippen LogP contribution in [-0.2, 0) is 16.1 Å². The standard InChI is InChI=1S/C26H23N3O6/c1-33-20-10-8-18(9-11-20)27-24(30)14-21-25(31)29(19-5-3-2-4-6-19)26(32)28(21)15-17-7-12-22-23(13-17)35-16-34-22/h2-13,21H,14-16H2,1H3,(H,27,30)/t21-/m1/s1. The number of rotatable bonds is 7. The van der Waals surface area contributed by atoms with Gasteiger partial charge in [-0.25, -0.2) is 9.69 Å². The highest BCUT2D eigenvalue weighted by molar-refractivity contribution is 6.22. The van der Waals surface area contributed by atoms with Gasteiger partial charge in [0.15, 0.2) is 11.5 Å². The van der Waals surface area contributed by atoms with E-state index in [9.17, 15) is 14.4 Å². The molecule has 0 radical (unpaired) electrons. The van der Waals surface area contributed by atoms with Crippen molar-refractivity contribution in [3.63, 3.8) is 0 Å². The minimum atomic E-state index is -0.966. The monoisotopic (exact) mass is 473 g/mol. The third kappa shape index (κ3) is 4.48. The maximum Gasteiger partial charge on any atom is 0.332 e. The molecule has 1 atom stereocenters. The van der Waals surface area contributed by atoms with E-state index in [0.29, 0.717) is 28.6 Å². The second-order valence-corrected chi connectivity index (χ2v) is 8.10. The molecule has 35 heavy (non-hydrogen) atoms. The topological polar surface area (TPSA) is 97.4 Å². The molecule has 2 aliphatic rings. The minimum absolute atomic E-state index is 0.130. The number of hydrogen-bond acceptors (Lipinski definition) is 6.